The van der Waals surface area contributed by atoms with Crippen LogP contribution >= 0.6 is 0 Å². The van der Waals surface area contributed by atoms with Gasteiger partial charge in [-0.05, 0) is 6.07 Å². The molecule has 1 aliphatic rings. The summed E-state index contributed by atoms with van der Waals surface area (Å²) in [5.74, 6) is -1.89. The van der Waals surface area contributed by atoms with E-state index in [4.69, 9.17) is 4.74 Å². The van der Waals surface area contributed by atoms with Gasteiger partial charge in [0.05, 0.1) is 13.0 Å². The Morgan fingerprint density at radius 3 is 2.65 bits per heavy atom. The number of imide groups is 1. The van der Waals surface area contributed by atoms with Crippen LogP contribution in [0.4, 0.5) is 4.39 Å². The molecule has 1 saturated heterocycles. The molecule has 17 heavy (non-hydrogen) atoms. The number of hydrogen-bond donors (Lipinski definition) is 0. The highest BCUT2D eigenvalue weighted by molar-refractivity contribution is 6.05. The minimum absolute atomic E-state index is 0.0133. The monoisotopic (exact) mass is 237 g/mol. The Hall–Kier alpha value is -1.91. The zero-order chi connectivity index (χ0) is 12.6. The summed E-state index contributed by atoms with van der Waals surface area (Å²) in [6.07, 6.45) is 0.0133. The fourth-order valence-corrected chi connectivity index (χ4v) is 1.95. The van der Waals surface area contributed by atoms with Gasteiger partial charge >= 0.3 is 0 Å². The number of benzene rings is 1. The lowest BCUT2D eigenvalue weighted by atomic mass is 9.97. The molecule has 1 fully saturated rings. The van der Waals surface area contributed by atoms with Crippen LogP contribution in [-0.4, -0.2) is 30.9 Å². The van der Waals surface area contributed by atoms with Crippen LogP contribution < -0.4 is 4.74 Å². The minimum Gasteiger partial charge on any atom is -0.494 e. The van der Waals surface area contributed by atoms with Gasteiger partial charge in [-0.3, -0.25) is 14.5 Å². The Morgan fingerprint density at radius 1 is 1.41 bits per heavy atom. The smallest absolute Gasteiger partial charge is 0.237 e. The van der Waals surface area contributed by atoms with Gasteiger partial charge < -0.3 is 4.74 Å². The van der Waals surface area contributed by atoms with E-state index < -0.39 is 11.7 Å². The van der Waals surface area contributed by atoms with Crippen LogP contribution in [-0.2, 0) is 9.59 Å². The number of likely N-dealkylation sites (tertiary alicyclic amines) is 1. The molecule has 0 bridgehead atoms. The van der Waals surface area contributed by atoms with Crippen LogP contribution in [0.1, 0.15) is 17.9 Å². The average Bonchev–Trinajstić information content (AvgIpc) is 2.57. The highest BCUT2D eigenvalue weighted by Crippen LogP contribution is 2.33. The molecule has 0 N–H and O–H groups in total. The minimum atomic E-state index is -0.734. The van der Waals surface area contributed by atoms with E-state index in [1.807, 2.05) is 0 Å². The number of hydrogen-bond acceptors (Lipinski definition) is 3. The van der Waals surface area contributed by atoms with Crippen molar-refractivity contribution in [2.24, 2.45) is 0 Å². The second-order valence-corrected chi connectivity index (χ2v) is 3.91. The van der Waals surface area contributed by atoms with E-state index in [-0.39, 0.29) is 29.5 Å². The molecule has 5 heteroatoms. The molecule has 4 nitrogen and oxygen atoms in total. The Kier molecular flexibility index (Phi) is 2.83. The third kappa shape index (κ3) is 1.77. The Labute approximate surface area is 98.0 Å². The molecular formula is C12H12FNO3. The highest BCUT2D eigenvalue weighted by atomic mass is 19.1. The van der Waals surface area contributed by atoms with E-state index >= 15 is 0 Å². The first-order valence-corrected chi connectivity index (χ1v) is 5.19. The van der Waals surface area contributed by atoms with Gasteiger partial charge in [0.15, 0.2) is 11.6 Å². The maximum atomic E-state index is 13.9. The number of halogens is 1. The molecule has 0 spiro atoms. The third-order valence-corrected chi connectivity index (χ3v) is 2.97. The highest BCUT2D eigenvalue weighted by Gasteiger charge is 2.38. The molecule has 0 saturated carbocycles. The van der Waals surface area contributed by atoms with Crippen molar-refractivity contribution in [1.82, 2.24) is 4.90 Å². The van der Waals surface area contributed by atoms with Gasteiger partial charge in [0.2, 0.25) is 11.8 Å². The van der Waals surface area contributed by atoms with Gasteiger partial charge in [0, 0.05) is 19.0 Å². The number of carbonyl (C=O) groups is 2. The summed E-state index contributed by atoms with van der Waals surface area (Å²) in [7, 11) is 2.76. The SMILES string of the molecule is COc1cccc(C2CC(=O)N(C)C2=O)c1F. The summed E-state index contributed by atoms with van der Waals surface area (Å²) < 4.78 is 18.8. The standard InChI is InChI=1S/C12H12FNO3/c1-14-10(15)6-8(12(14)16)7-4-3-5-9(17-2)11(7)13/h3-5,8H,6H2,1-2H3. The fraction of sp³-hybridized carbons (Fsp3) is 0.333. The molecule has 1 aromatic rings. The van der Waals surface area contributed by atoms with Crippen LogP contribution in [0.2, 0.25) is 0 Å². The molecular weight excluding hydrogens is 225 g/mol. The maximum Gasteiger partial charge on any atom is 0.237 e. The van der Waals surface area contributed by atoms with Crippen LogP contribution in [0, 0.1) is 5.82 Å². The van der Waals surface area contributed by atoms with Crippen molar-refractivity contribution < 1.29 is 18.7 Å². The normalized spacial score (nSPS) is 19.9. The van der Waals surface area contributed by atoms with Crippen molar-refractivity contribution in [1.29, 1.82) is 0 Å². The molecule has 0 aromatic heterocycles. The van der Waals surface area contributed by atoms with E-state index in [9.17, 15) is 14.0 Å². The molecule has 1 heterocycles. The predicted octanol–water partition coefficient (Wildman–Crippen LogP) is 1.31. The number of nitrogens with zero attached hydrogens (tertiary/aromatic N) is 1. The molecule has 0 radical (unpaired) electrons. The van der Waals surface area contributed by atoms with E-state index in [1.54, 1.807) is 6.07 Å². The van der Waals surface area contributed by atoms with E-state index in [1.165, 1.54) is 26.3 Å². The summed E-state index contributed by atoms with van der Waals surface area (Å²) in [4.78, 5) is 24.2. The summed E-state index contributed by atoms with van der Waals surface area (Å²) in [6, 6.07) is 4.59. The first kappa shape index (κ1) is 11.6. The van der Waals surface area contributed by atoms with Crippen molar-refractivity contribution in [3.8, 4) is 5.75 Å². The van der Waals surface area contributed by atoms with Crippen molar-refractivity contribution in [3.05, 3.63) is 29.6 Å². The molecule has 1 aromatic carbocycles. The third-order valence-electron chi connectivity index (χ3n) is 2.97. The van der Waals surface area contributed by atoms with Gasteiger partial charge in [-0.25, -0.2) is 4.39 Å². The van der Waals surface area contributed by atoms with Gasteiger partial charge in [-0.15, -0.1) is 0 Å². The van der Waals surface area contributed by atoms with Gasteiger partial charge in [0.25, 0.3) is 0 Å². The maximum absolute atomic E-state index is 13.9. The van der Waals surface area contributed by atoms with Crippen molar-refractivity contribution >= 4 is 11.8 Å². The zero-order valence-electron chi connectivity index (χ0n) is 9.57. The second-order valence-electron chi connectivity index (χ2n) is 3.91. The summed E-state index contributed by atoms with van der Waals surface area (Å²) in [5, 5.41) is 0. The zero-order valence-corrected chi connectivity index (χ0v) is 9.57. The van der Waals surface area contributed by atoms with E-state index in [0.29, 0.717) is 0 Å². The van der Waals surface area contributed by atoms with E-state index in [2.05, 4.69) is 0 Å². The topological polar surface area (TPSA) is 46.6 Å². The first-order valence-electron chi connectivity index (χ1n) is 5.19. The number of amides is 2. The lowest BCUT2D eigenvalue weighted by Crippen LogP contribution is -2.25. The first-order chi connectivity index (χ1) is 8.06. The fourth-order valence-electron chi connectivity index (χ4n) is 1.95. The van der Waals surface area contributed by atoms with Crippen molar-refractivity contribution in [2.45, 2.75) is 12.3 Å². The Morgan fingerprint density at radius 2 is 2.12 bits per heavy atom. The van der Waals surface area contributed by atoms with Crippen LogP contribution in [0.3, 0.4) is 0 Å². The van der Waals surface area contributed by atoms with Gasteiger partial charge in [-0.1, -0.05) is 12.1 Å². The van der Waals surface area contributed by atoms with Gasteiger partial charge in [-0.2, -0.15) is 0 Å². The summed E-state index contributed by atoms with van der Waals surface area (Å²) in [6.45, 7) is 0. The molecule has 2 rings (SSSR count). The Bertz CT molecular complexity index is 487. The number of methoxy groups -OCH3 is 1. The molecule has 1 aliphatic heterocycles. The molecule has 90 valence electrons. The number of rotatable bonds is 2. The largest absolute Gasteiger partial charge is 0.494 e. The van der Waals surface area contributed by atoms with Crippen LogP contribution in [0.25, 0.3) is 0 Å². The lowest BCUT2D eigenvalue weighted by Gasteiger charge is -2.11. The lowest BCUT2D eigenvalue weighted by molar-refractivity contribution is -0.137. The number of ether oxygens (including phenoxy) is 1. The average molecular weight is 237 g/mol. The van der Waals surface area contributed by atoms with Gasteiger partial charge in [0.1, 0.15) is 0 Å². The number of likely N-dealkylation sites (N-methyl/N-ethyl adjacent to an activating group) is 1. The molecule has 0 aliphatic carbocycles. The number of carbonyl (C=O) groups excluding carboxylic acids is 2. The van der Waals surface area contributed by atoms with E-state index in [0.717, 1.165) is 4.90 Å². The summed E-state index contributed by atoms with van der Waals surface area (Å²) in [5.41, 5.74) is 0.215. The van der Waals surface area contributed by atoms with Crippen LogP contribution in [0.15, 0.2) is 18.2 Å². The molecule has 2 amide bonds. The molecule has 1 unspecified atom stereocenters. The molecule has 1 atom stereocenters. The van der Waals surface area contributed by atoms with Crippen molar-refractivity contribution in [3.63, 3.8) is 0 Å². The summed E-state index contributed by atoms with van der Waals surface area (Å²) >= 11 is 0. The van der Waals surface area contributed by atoms with Crippen molar-refractivity contribution in [2.75, 3.05) is 14.2 Å². The predicted molar refractivity (Wildman–Crippen MR) is 58.1 cm³/mol. The second kappa shape index (κ2) is 4.16. The quantitative estimate of drug-likeness (QED) is 0.728. The van der Waals surface area contributed by atoms with Crippen LogP contribution in [0.5, 0.6) is 5.75 Å². The Balaban J connectivity index is 2.42.